The summed E-state index contributed by atoms with van der Waals surface area (Å²) in [5.41, 5.74) is 0.558. The largest absolute Gasteiger partial charge is 0.467 e. The number of amides is 1. The van der Waals surface area contributed by atoms with Crippen LogP contribution in [0.1, 0.15) is 16.1 Å². The van der Waals surface area contributed by atoms with Crippen LogP contribution in [-0.2, 0) is 6.54 Å². The molecule has 0 unspecified atom stereocenters. The molecule has 3 rings (SSSR count). The predicted molar refractivity (Wildman–Crippen MR) is 84.7 cm³/mol. The van der Waals surface area contributed by atoms with Crippen LogP contribution in [0, 0.1) is 0 Å². The van der Waals surface area contributed by atoms with Gasteiger partial charge in [-0.25, -0.2) is 4.98 Å². The number of aromatic nitrogens is 1. The molecule has 22 heavy (non-hydrogen) atoms. The number of furan rings is 1. The van der Waals surface area contributed by atoms with Gasteiger partial charge in [0.25, 0.3) is 5.91 Å². The Kier molecular flexibility index (Phi) is 4.56. The number of carbonyl (C=O) groups excluding carboxylic acids is 1. The minimum atomic E-state index is -0.164. The number of carbonyl (C=O) groups is 1. The molecule has 0 spiro atoms. The smallest absolute Gasteiger partial charge is 0.254 e. The molecule has 4 nitrogen and oxygen atoms in total. The molecule has 0 bridgehead atoms. The third-order valence-corrected chi connectivity index (χ3v) is 4.00. The lowest BCUT2D eigenvalue weighted by molar-refractivity contribution is 0.0944. The monoisotopic (exact) mass is 310 g/mol. The van der Waals surface area contributed by atoms with Crippen molar-refractivity contribution in [2.75, 3.05) is 0 Å². The summed E-state index contributed by atoms with van der Waals surface area (Å²) in [4.78, 5) is 17.7. The maximum Gasteiger partial charge on any atom is 0.254 e. The molecule has 0 aliphatic heterocycles. The molecule has 1 N–H and O–H groups in total. The van der Waals surface area contributed by atoms with Crippen LogP contribution in [0.2, 0.25) is 0 Å². The minimum Gasteiger partial charge on any atom is -0.467 e. The summed E-state index contributed by atoms with van der Waals surface area (Å²) in [6.45, 7) is 0.357. The summed E-state index contributed by atoms with van der Waals surface area (Å²) in [6, 6.07) is 17.0. The molecule has 0 saturated heterocycles. The zero-order valence-electron chi connectivity index (χ0n) is 11.7. The maximum absolute atomic E-state index is 12.3. The van der Waals surface area contributed by atoms with Gasteiger partial charge in [-0.15, -0.1) is 0 Å². The summed E-state index contributed by atoms with van der Waals surface area (Å²) < 4.78 is 5.21. The van der Waals surface area contributed by atoms with Gasteiger partial charge in [0.15, 0.2) is 0 Å². The molecule has 0 atom stereocenters. The number of nitrogens with zero attached hydrogens (tertiary/aromatic N) is 1. The standard InChI is InChI=1S/C17H14N2O2S/c20-16(19-12-13-6-5-11-21-13)15-9-4-10-18-17(15)22-14-7-2-1-3-8-14/h1-11H,12H2,(H,19,20). The molecule has 1 amide bonds. The van der Waals surface area contributed by atoms with Crippen molar-refractivity contribution in [2.45, 2.75) is 16.5 Å². The first-order valence-electron chi connectivity index (χ1n) is 6.81. The number of hydrogen-bond acceptors (Lipinski definition) is 4. The van der Waals surface area contributed by atoms with Crippen LogP contribution in [-0.4, -0.2) is 10.9 Å². The summed E-state index contributed by atoms with van der Waals surface area (Å²) in [5.74, 6) is 0.553. The molecule has 3 aromatic rings. The van der Waals surface area contributed by atoms with Gasteiger partial charge in [0, 0.05) is 11.1 Å². The second kappa shape index (κ2) is 6.95. The number of benzene rings is 1. The van der Waals surface area contributed by atoms with Crippen LogP contribution in [0.25, 0.3) is 0 Å². The van der Waals surface area contributed by atoms with Gasteiger partial charge in [-0.2, -0.15) is 0 Å². The predicted octanol–water partition coefficient (Wildman–Crippen LogP) is 3.76. The lowest BCUT2D eigenvalue weighted by Gasteiger charge is -2.08. The van der Waals surface area contributed by atoms with Crippen molar-refractivity contribution >= 4 is 17.7 Å². The molecule has 0 aliphatic rings. The van der Waals surface area contributed by atoms with E-state index in [1.807, 2.05) is 36.4 Å². The first-order valence-corrected chi connectivity index (χ1v) is 7.63. The van der Waals surface area contributed by atoms with Crippen LogP contribution < -0.4 is 5.32 Å². The van der Waals surface area contributed by atoms with E-state index < -0.39 is 0 Å². The van der Waals surface area contributed by atoms with Crippen LogP contribution in [0.3, 0.4) is 0 Å². The third-order valence-electron chi connectivity index (χ3n) is 2.98. The lowest BCUT2D eigenvalue weighted by Crippen LogP contribution is -2.23. The van der Waals surface area contributed by atoms with E-state index in [9.17, 15) is 4.79 Å². The van der Waals surface area contributed by atoms with Gasteiger partial charge in [-0.05, 0) is 36.4 Å². The minimum absolute atomic E-state index is 0.164. The highest BCUT2D eigenvalue weighted by molar-refractivity contribution is 7.99. The second-order valence-electron chi connectivity index (χ2n) is 4.53. The maximum atomic E-state index is 12.3. The summed E-state index contributed by atoms with van der Waals surface area (Å²) in [7, 11) is 0. The van der Waals surface area contributed by atoms with Crippen molar-refractivity contribution in [1.29, 1.82) is 0 Å². The van der Waals surface area contributed by atoms with Gasteiger partial charge < -0.3 is 9.73 Å². The Morgan fingerprint density at radius 1 is 1.09 bits per heavy atom. The molecule has 5 heteroatoms. The van der Waals surface area contributed by atoms with Crippen LogP contribution in [0.4, 0.5) is 0 Å². The Bertz CT molecular complexity index is 742. The summed E-state index contributed by atoms with van der Waals surface area (Å²) in [5, 5.41) is 3.53. The lowest BCUT2D eigenvalue weighted by atomic mass is 10.2. The molecule has 0 aliphatic carbocycles. The molecule has 110 valence electrons. The number of pyridine rings is 1. The number of hydrogen-bond donors (Lipinski definition) is 1. The van der Waals surface area contributed by atoms with Crippen molar-refractivity contribution < 1.29 is 9.21 Å². The Morgan fingerprint density at radius 2 is 1.95 bits per heavy atom. The highest BCUT2D eigenvalue weighted by Crippen LogP contribution is 2.28. The van der Waals surface area contributed by atoms with E-state index >= 15 is 0 Å². The Hall–Kier alpha value is -2.53. The van der Waals surface area contributed by atoms with E-state index in [0.717, 1.165) is 10.7 Å². The van der Waals surface area contributed by atoms with E-state index in [2.05, 4.69) is 10.3 Å². The first kappa shape index (κ1) is 14.4. The SMILES string of the molecule is O=C(NCc1ccco1)c1cccnc1Sc1ccccc1. The van der Waals surface area contributed by atoms with E-state index in [-0.39, 0.29) is 5.91 Å². The highest BCUT2D eigenvalue weighted by atomic mass is 32.2. The summed E-state index contributed by atoms with van der Waals surface area (Å²) >= 11 is 1.47. The highest BCUT2D eigenvalue weighted by Gasteiger charge is 2.13. The van der Waals surface area contributed by atoms with Crippen molar-refractivity contribution in [2.24, 2.45) is 0 Å². The van der Waals surface area contributed by atoms with Gasteiger partial charge in [-0.1, -0.05) is 30.0 Å². The van der Waals surface area contributed by atoms with E-state index in [4.69, 9.17) is 4.42 Å². The fourth-order valence-electron chi connectivity index (χ4n) is 1.92. The fraction of sp³-hybridized carbons (Fsp3) is 0.0588. The van der Waals surface area contributed by atoms with Gasteiger partial charge in [0.2, 0.25) is 0 Å². The quantitative estimate of drug-likeness (QED) is 0.779. The second-order valence-corrected chi connectivity index (χ2v) is 5.60. The fourth-order valence-corrected chi connectivity index (χ4v) is 2.82. The average molecular weight is 310 g/mol. The van der Waals surface area contributed by atoms with Crippen LogP contribution >= 0.6 is 11.8 Å². The van der Waals surface area contributed by atoms with Crippen LogP contribution in [0.15, 0.2) is 81.4 Å². The molecule has 2 heterocycles. The average Bonchev–Trinajstić information content (AvgIpc) is 3.08. The van der Waals surface area contributed by atoms with Crippen LogP contribution in [0.5, 0.6) is 0 Å². The zero-order valence-corrected chi connectivity index (χ0v) is 12.5. The van der Waals surface area contributed by atoms with Gasteiger partial charge >= 0.3 is 0 Å². The van der Waals surface area contributed by atoms with E-state index in [1.165, 1.54) is 11.8 Å². The number of rotatable bonds is 5. The number of nitrogens with one attached hydrogen (secondary N) is 1. The summed E-state index contributed by atoms with van der Waals surface area (Å²) in [6.07, 6.45) is 3.27. The molecular weight excluding hydrogens is 296 g/mol. The van der Waals surface area contributed by atoms with E-state index in [0.29, 0.717) is 17.1 Å². The van der Waals surface area contributed by atoms with Gasteiger partial charge in [0.05, 0.1) is 18.4 Å². The first-order chi connectivity index (χ1) is 10.8. The van der Waals surface area contributed by atoms with Crippen molar-refractivity contribution in [3.05, 3.63) is 78.4 Å². The molecule has 0 radical (unpaired) electrons. The molecular formula is C17H14N2O2S. The Morgan fingerprint density at radius 3 is 2.73 bits per heavy atom. The van der Waals surface area contributed by atoms with Crippen molar-refractivity contribution in [3.63, 3.8) is 0 Å². The molecule has 0 fully saturated rings. The van der Waals surface area contributed by atoms with E-state index in [1.54, 1.807) is 30.7 Å². The van der Waals surface area contributed by atoms with Gasteiger partial charge in [-0.3, -0.25) is 4.79 Å². The third kappa shape index (κ3) is 3.56. The zero-order chi connectivity index (χ0) is 15.2. The van der Waals surface area contributed by atoms with Crippen molar-refractivity contribution in [1.82, 2.24) is 10.3 Å². The van der Waals surface area contributed by atoms with Gasteiger partial charge in [0.1, 0.15) is 10.8 Å². The van der Waals surface area contributed by atoms with Crippen molar-refractivity contribution in [3.8, 4) is 0 Å². The normalized spacial score (nSPS) is 10.4. The Balaban J connectivity index is 1.74. The topological polar surface area (TPSA) is 55.1 Å². The molecule has 1 aromatic carbocycles. The Labute approximate surface area is 132 Å². The molecule has 2 aromatic heterocycles. The molecule has 0 saturated carbocycles.